The van der Waals surface area contributed by atoms with Crippen LogP contribution in [0.5, 0.6) is 0 Å². The molecule has 0 aliphatic carbocycles. The second-order valence-corrected chi connectivity index (χ2v) is 5.78. The van der Waals surface area contributed by atoms with Gasteiger partial charge in [-0.05, 0) is 12.8 Å². The molecule has 1 N–H and O–H groups in total. The largest absolute Gasteiger partial charge is 0.396 e. The molecule has 122 valence electrons. The Kier molecular flexibility index (Phi) is 5.54. The Morgan fingerprint density at radius 1 is 1.55 bits per heavy atom. The summed E-state index contributed by atoms with van der Waals surface area (Å²) < 4.78 is 1.41. The monoisotopic (exact) mass is 308 g/mol. The Labute approximate surface area is 130 Å². The van der Waals surface area contributed by atoms with Crippen LogP contribution in [0.25, 0.3) is 0 Å². The number of aromatic nitrogens is 2. The van der Waals surface area contributed by atoms with Crippen molar-refractivity contribution in [1.29, 1.82) is 0 Å². The van der Waals surface area contributed by atoms with Gasteiger partial charge < -0.3 is 19.5 Å². The highest BCUT2D eigenvalue weighted by Crippen LogP contribution is 2.18. The Morgan fingerprint density at radius 2 is 2.32 bits per heavy atom. The van der Waals surface area contributed by atoms with E-state index < -0.39 is 0 Å². The maximum Gasteiger partial charge on any atom is 0.293 e. The topological polar surface area (TPSA) is 78.7 Å². The Morgan fingerprint density at radius 3 is 2.95 bits per heavy atom. The van der Waals surface area contributed by atoms with Gasteiger partial charge in [-0.15, -0.1) is 0 Å². The van der Waals surface area contributed by atoms with E-state index in [0.29, 0.717) is 25.5 Å². The predicted molar refractivity (Wildman–Crippen MR) is 83.8 cm³/mol. The summed E-state index contributed by atoms with van der Waals surface area (Å²) in [6, 6.07) is 0. The first-order chi connectivity index (χ1) is 10.6. The molecule has 2 heterocycles. The zero-order valence-corrected chi connectivity index (χ0v) is 13.2. The summed E-state index contributed by atoms with van der Waals surface area (Å²) in [5.41, 5.74) is -0.251. The lowest BCUT2D eigenvalue weighted by atomic mass is 10.1. The van der Waals surface area contributed by atoms with Crippen LogP contribution in [0, 0.1) is 5.92 Å². The van der Waals surface area contributed by atoms with Crippen molar-refractivity contribution < 1.29 is 9.90 Å². The van der Waals surface area contributed by atoms with E-state index in [4.69, 9.17) is 0 Å². The lowest BCUT2D eigenvalue weighted by Crippen LogP contribution is -2.37. The van der Waals surface area contributed by atoms with Gasteiger partial charge in [-0.2, -0.15) is 0 Å². The minimum Gasteiger partial charge on any atom is -0.396 e. The Balaban J connectivity index is 2.13. The van der Waals surface area contributed by atoms with Crippen molar-refractivity contribution >= 4 is 11.7 Å². The van der Waals surface area contributed by atoms with Crippen LogP contribution >= 0.6 is 0 Å². The third-order valence-corrected chi connectivity index (χ3v) is 4.03. The van der Waals surface area contributed by atoms with Gasteiger partial charge in [-0.3, -0.25) is 9.59 Å². The standard InChI is InChI=1S/C15H24N4O3/c1-3-6-17(2)13(21)10-19-8-5-16-14(15(19)22)18-7-4-12(9-18)11-20/h5,8,12,20H,3-4,6-7,9-11H2,1-2H3/t12-/m0/s1. The number of aliphatic hydroxyl groups is 1. The van der Waals surface area contributed by atoms with Gasteiger partial charge in [-0.25, -0.2) is 4.98 Å². The summed E-state index contributed by atoms with van der Waals surface area (Å²) >= 11 is 0. The average molecular weight is 308 g/mol. The molecule has 7 heteroatoms. The molecule has 2 rings (SSSR count). The number of carbonyl (C=O) groups excluding carboxylic acids is 1. The van der Waals surface area contributed by atoms with Crippen LogP contribution in [0.15, 0.2) is 17.2 Å². The molecular weight excluding hydrogens is 284 g/mol. The van der Waals surface area contributed by atoms with E-state index in [2.05, 4.69) is 4.98 Å². The van der Waals surface area contributed by atoms with E-state index in [1.807, 2.05) is 11.8 Å². The van der Waals surface area contributed by atoms with Gasteiger partial charge in [-0.1, -0.05) is 6.92 Å². The number of rotatable bonds is 6. The number of nitrogens with zero attached hydrogens (tertiary/aromatic N) is 4. The fourth-order valence-corrected chi connectivity index (χ4v) is 2.68. The molecule has 0 spiro atoms. The number of amides is 1. The number of hydrogen-bond acceptors (Lipinski definition) is 5. The number of hydrogen-bond donors (Lipinski definition) is 1. The van der Waals surface area contributed by atoms with Gasteiger partial charge >= 0.3 is 0 Å². The number of aliphatic hydroxyl groups excluding tert-OH is 1. The molecule has 0 saturated carbocycles. The fraction of sp³-hybridized carbons (Fsp3) is 0.667. The third-order valence-electron chi connectivity index (χ3n) is 4.03. The second-order valence-electron chi connectivity index (χ2n) is 5.78. The van der Waals surface area contributed by atoms with Crippen LogP contribution in [-0.4, -0.2) is 58.8 Å². The van der Waals surface area contributed by atoms with E-state index in [1.54, 1.807) is 24.3 Å². The maximum atomic E-state index is 12.5. The molecule has 1 aromatic heterocycles. The molecule has 0 aromatic carbocycles. The molecule has 0 radical (unpaired) electrons. The van der Waals surface area contributed by atoms with Crippen LogP contribution in [0.2, 0.25) is 0 Å². The van der Waals surface area contributed by atoms with Crippen LogP contribution in [0.1, 0.15) is 19.8 Å². The van der Waals surface area contributed by atoms with E-state index in [9.17, 15) is 14.7 Å². The summed E-state index contributed by atoms with van der Waals surface area (Å²) in [6.07, 6.45) is 4.83. The number of anilines is 1. The highest BCUT2D eigenvalue weighted by atomic mass is 16.3. The third kappa shape index (κ3) is 3.65. The lowest BCUT2D eigenvalue weighted by molar-refractivity contribution is -0.130. The van der Waals surface area contributed by atoms with Crippen molar-refractivity contribution in [2.75, 3.05) is 38.2 Å². The molecule has 0 bridgehead atoms. The average Bonchev–Trinajstić information content (AvgIpc) is 2.98. The molecule has 22 heavy (non-hydrogen) atoms. The zero-order chi connectivity index (χ0) is 16.1. The zero-order valence-electron chi connectivity index (χ0n) is 13.2. The fourth-order valence-electron chi connectivity index (χ4n) is 2.68. The Bertz CT molecular complexity index is 572. The van der Waals surface area contributed by atoms with Gasteiger partial charge in [0.2, 0.25) is 5.91 Å². The van der Waals surface area contributed by atoms with Crippen molar-refractivity contribution in [2.24, 2.45) is 5.92 Å². The van der Waals surface area contributed by atoms with E-state index >= 15 is 0 Å². The maximum absolute atomic E-state index is 12.5. The molecule has 0 unspecified atom stereocenters. The van der Waals surface area contributed by atoms with E-state index in [1.165, 1.54) is 4.57 Å². The summed E-state index contributed by atoms with van der Waals surface area (Å²) in [6.45, 7) is 4.18. The summed E-state index contributed by atoms with van der Waals surface area (Å²) in [4.78, 5) is 32.3. The first-order valence-electron chi connectivity index (χ1n) is 7.72. The van der Waals surface area contributed by atoms with E-state index in [-0.39, 0.29) is 30.5 Å². The van der Waals surface area contributed by atoms with Crippen LogP contribution in [0.3, 0.4) is 0 Å². The quantitative estimate of drug-likeness (QED) is 0.796. The van der Waals surface area contributed by atoms with Gasteiger partial charge in [0.25, 0.3) is 5.56 Å². The van der Waals surface area contributed by atoms with E-state index in [0.717, 1.165) is 12.8 Å². The first-order valence-corrected chi connectivity index (χ1v) is 7.72. The molecule has 1 amide bonds. The van der Waals surface area contributed by atoms with Crippen LogP contribution in [0.4, 0.5) is 5.82 Å². The molecule has 1 saturated heterocycles. The summed E-state index contributed by atoms with van der Waals surface area (Å²) in [7, 11) is 1.74. The van der Waals surface area contributed by atoms with Gasteiger partial charge in [0.1, 0.15) is 6.54 Å². The minimum atomic E-state index is -0.251. The van der Waals surface area contributed by atoms with Gasteiger partial charge in [0.15, 0.2) is 5.82 Å². The summed E-state index contributed by atoms with van der Waals surface area (Å²) in [5.74, 6) is 0.465. The highest BCUT2D eigenvalue weighted by Gasteiger charge is 2.25. The Hall–Kier alpha value is -1.89. The molecular formula is C15H24N4O3. The van der Waals surface area contributed by atoms with Gasteiger partial charge in [0, 0.05) is 51.6 Å². The molecule has 1 fully saturated rings. The second kappa shape index (κ2) is 7.40. The molecule has 1 atom stereocenters. The molecule has 1 aliphatic heterocycles. The SMILES string of the molecule is CCCN(C)C(=O)Cn1ccnc(N2CC[C@H](CO)C2)c1=O. The first kappa shape index (κ1) is 16.5. The smallest absolute Gasteiger partial charge is 0.293 e. The van der Waals surface area contributed by atoms with Crippen molar-refractivity contribution in [3.8, 4) is 0 Å². The van der Waals surface area contributed by atoms with Crippen LogP contribution < -0.4 is 10.5 Å². The molecule has 1 aromatic rings. The van der Waals surface area contributed by atoms with Gasteiger partial charge in [0.05, 0.1) is 0 Å². The number of likely N-dealkylation sites (N-methyl/N-ethyl adjacent to an activating group) is 1. The number of carbonyl (C=O) groups is 1. The van der Waals surface area contributed by atoms with Crippen molar-refractivity contribution in [3.05, 3.63) is 22.7 Å². The van der Waals surface area contributed by atoms with Crippen LogP contribution in [-0.2, 0) is 11.3 Å². The van der Waals surface area contributed by atoms with Crippen molar-refractivity contribution in [1.82, 2.24) is 14.5 Å². The molecule has 7 nitrogen and oxygen atoms in total. The summed E-state index contributed by atoms with van der Waals surface area (Å²) in [5, 5.41) is 9.20. The predicted octanol–water partition coefficient (Wildman–Crippen LogP) is -0.0697. The highest BCUT2D eigenvalue weighted by molar-refractivity contribution is 5.75. The minimum absolute atomic E-state index is 0.0299. The lowest BCUT2D eigenvalue weighted by Gasteiger charge is -2.19. The normalized spacial score (nSPS) is 17.8. The molecule has 1 aliphatic rings. The van der Waals surface area contributed by atoms with Crippen molar-refractivity contribution in [3.63, 3.8) is 0 Å². The van der Waals surface area contributed by atoms with Crippen molar-refractivity contribution in [2.45, 2.75) is 26.3 Å².